The SMILES string of the molecule is CCC1=C[C@@H]2Cc3nc4cc(F)ccc4c(N)c3[C@H](C1)C2. The molecule has 1 heterocycles. The maximum Gasteiger partial charge on any atom is 0.125 e. The van der Waals surface area contributed by atoms with Crippen LogP contribution in [0.5, 0.6) is 0 Å². The molecule has 2 aliphatic rings. The summed E-state index contributed by atoms with van der Waals surface area (Å²) in [5, 5.41) is 0.890. The standard InChI is InChI=1S/C18H19FN2/c1-2-10-5-11-7-12(6-10)17-16(8-11)21-15-9-13(19)3-4-14(15)18(17)20/h3-5,9,11-12H,2,6-8H2,1H3,(H2,20,21)/t11-,12+/m0/s1. The van der Waals surface area contributed by atoms with Crippen LogP contribution in [-0.2, 0) is 6.42 Å². The summed E-state index contributed by atoms with van der Waals surface area (Å²) in [5.74, 6) is 0.809. The predicted molar refractivity (Wildman–Crippen MR) is 83.7 cm³/mol. The number of fused-ring (bicyclic) bond motifs is 5. The zero-order valence-electron chi connectivity index (χ0n) is 12.2. The van der Waals surface area contributed by atoms with E-state index in [0.29, 0.717) is 17.4 Å². The zero-order chi connectivity index (χ0) is 14.6. The number of hydrogen-bond donors (Lipinski definition) is 1. The molecule has 0 amide bonds. The Labute approximate surface area is 123 Å². The van der Waals surface area contributed by atoms with Gasteiger partial charge >= 0.3 is 0 Å². The fraction of sp³-hybridized carbons (Fsp3) is 0.389. The molecule has 0 radical (unpaired) electrons. The van der Waals surface area contributed by atoms with Gasteiger partial charge in [-0.1, -0.05) is 18.6 Å². The van der Waals surface area contributed by atoms with Gasteiger partial charge in [-0.25, -0.2) is 4.39 Å². The third-order valence-electron chi connectivity index (χ3n) is 4.99. The van der Waals surface area contributed by atoms with Crippen LogP contribution in [0.15, 0.2) is 29.8 Å². The Morgan fingerprint density at radius 1 is 1.33 bits per heavy atom. The summed E-state index contributed by atoms with van der Waals surface area (Å²) in [6.45, 7) is 2.22. The molecule has 0 fully saturated rings. The van der Waals surface area contributed by atoms with Gasteiger partial charge in [0, 0.05) is 28.4 Å². The van der Waals surface area contributed by atoms with E-state index in [1.165, 1.54) is 24.1 Å². The molecule has 0 spiro atoms. The van der Waals surface area contributed by atoms with Crippen LogP contribution in [0.4, 0.5) is 10.1 Å². The van der Waals surface area contributed by atoms with Crippen LogP contribution in [0.25, 0.3) is 10.9 Å². The highest BCUT2D eigenvalue weighted by Crippen LogP contribution is 2.46. The molecule has 21 heavy (non-hydrogen) atoms. The average molecular weight is 282 g/mol. The molecule has 1 aromatic carbocycles. The zero-order valence-corrected chi connectivity index (χ0v) is 12.2. The maximum absolute atomic E-state index is 13.4. The monoisotopic (exact) mass is 282 g/mol. The van der Waals surface area contributed by atoms with E-state index >= 15 is 0 Å². The van der Waals surface area contributed by atoms with Crippen LogP contribution in [0.1, 0.15) is 43.4 Å². The molecule has 0 saturated heterocycles. The van der Waals surface area contributed by atoms with Gasteiger partial charge in [-0.3, -0.25) is 4.98 Å². The molecule has 0 aliphatic heterocycles. The number of nitrogens with two attached hydrogens (primary N) is 1. The normalized spacial score (nSPS) is 23.8. The lowest BCUT2D eigenvalue weighted by molar-refractivity contribution is 0.429. The third kappa shape index (κ3) is 1.95. The Morgan fingerprint density at radius 3 is 3.00 bits per heavy atom. The van der Waals surface area contributed by atoms with Gasteiger partial charge in [-0.15, -0.1) is 0 Å². The van der Waals surface area contributed by atoms with Crippen LogP contribution >= 0.6 is 0 Å². The van der Waals surface area contributed by atoms with Crippen molar-refractivity contribution in [2.75, 3.05) is 5.73 Å². The van der Waals surface area contributed by atoms with Gasteiger partial charge in [0.1, 0.15) is 5.82 Å². The number of nitrogen functional groups attached to an aromatic ring is 1. The second-order valence-electron chi connectivity index (χ2n) is 6.33. The van der Waals surface area contributed by atoms with Crippen molar-refractivity contribution in [1.29, 1.82) is 0 Å². The summed E-state index contributed by atoms with van der Waals surface area (Å²) < 4.78 is 13.4. The highest BCUT2D eigenvalue weighted by Gasteiger charge is 2.33. The lowest BCUT2D eigenvalue weighted by Gasteiger charge is -2.35. The number of halogens is 1. The molecule has 2 atom stereocenters. The molecule has 3 heteroatoms. The number of anilines is 1. The summed E-state index contributed by atoms with van der Waals surface area (Å²) >= 11 is 0. The van der Waals surface area contributed by atoms with Crippen LogP contribution in [-0.4, -0.2) is 4.98 Å². The number of allylic oxidation sites excluding steroid dienone is 2. The quantitative estimate of drug-likeness (QED) is 0.790. The van der Waals surface area contributed by atoms with Gasteiger partial charge in [0.05, 0.1) is 5.52 Å². The van der Waals surface area contributed by atoms with Gasteiger partial charge in [0.15, 0.2) is 0 Å². The van der Waals surface area contributed by atoms with Crippen LogP contribution in [0, 0.1) is 11.7 Å². The molecule has 2 aromatic rings. The molecule has 1 aromatic heterocycles. The van der Waals surface area contributed by atoms with Gasteiger partial charge in [-0.2, -0.15) is 0 Å². The van der Waals surface area contributed by atoms with Crippen molar-refractivity contribution in [1.82, 2.24) is 4.98 Å². The maximum atomic E-state index is 13.4. The second-order valence-corrected chi connectivity index (χ2v) is 6.33. The van der Waals surface area contributed by atoms with Crippen molar-refractivity contribution < 1.29 is 4.39 Å². The first-order valence-corrected chi connectivity index (χ1v) is 7.72. The highest BCUT2D eigenvalue weighted by atomic mass is 19.1. The molecule has 2 aliphatic carbocycles. The lowest BCUT2D eigenvalue weighted by Crippen LogP contribution is -2.24. The molecule has 2 N–H and O–H groups in total. The number of aromatic nitrogens is 1. The molecule has 0 saturated carbocycles. The fourth-order valence-electron chi connectivity index (χ4n) is 4.05. The Balaban J connectivity index is 1.92. The Bertz CT molecular complexity index is 763. The van der Waals surface area contributed by atoms with E-state index < -0.39 is 0 Å². The van der Waals surface area contributed by atoms with Crippen LogP contribution in [0.3, 0.4) is 0 Å². The minimum absolute atomic E-state index is 0.251. The van der Waals surface area contributed by atoms with Gasteiger partial charge in [0.25, 0.3) is 0 Å². The second kappa shape index (κ2) is 4.55. The molecule has 0 unspecified atom stereocenters. The summed E-state index contributed by atoms with van der Waals surface area (Å²) in [5.41, 5.74) is 11.8. The summed E-state index contributed by atoms with van der Waals surface area (Å²) in [4.78, 5) is 4.72. The lowest BCUT2D eigenvalue weighted by atomic mass is 9.70. The molecular weight excluding hydrogens is 263 g/mol. The van der Waals surface area contributed by atoms with Crippen molar-refractivity contribution in [2.24, 2.45) is 5.92 Å². The van der Waals surface area contributed by atoms with Crippen molar-refractivity contribution >= 4 is 16.6 Å². The number of hydrogen-bond acceptors (Lipinski definition) is 2. The van der Waals surface area contributed by atoms with Gasteiger partial charge in [0.2, 0.25) is 0 Å². The van der Waals surface area contributed by atoms with E-state index in [-0.39, 0.29) is 5.82 Å². The van der Waals surface area contributed by atoms with E-state index in [2.05, 4.69) is 13.0 Å². The molecule has 4 rings (SSSR count). The summed E-state index contributed by atoms with van der Waals surface area (Å²) in [6.07, 6.45) is 6.75. The number of nitrogens with zero attached hydrogens (tertiary/aromatic N) is 1. The van der Waals surface area contributed by atoms with E-state index in [1.807, 2.05) is 0 Å². The third-order valence-corrected chi connectivity index (χ3v) is 4.99. The largest absolute Gasteiger partial charge is 0.398 e. The smallest absolute Gasteiger partial charge is 0.125 e. The van der Waals surface area contributed by atoms with Gasteiger partial charge in [-0.05, 0) is 49.7 Å². The van der Waals surface area contributed by atoms with E-state index in [4.69, 9.17) is 10.7 Å². The van der Waals surface area contributed by atoms with Crippen molar-refractivity contribution in [3.05, 3.63) is 46.9 Å². The van der Waals surface area contributed by atoms with Crippen LogP contribution < -0.4 is 5.73 Å². The van der Waals surface area contributed by atoms with Crippen LogP contribution in [0.2, 0.25) is 0 Å². The average Bonchev–Trinajstić information content (AvgIpc) is 2.46. The number of benzene rings is 1. The van der Waals surface area contributed by atoms with Crippen molar-refractivity contribution in [3.63, 3.8) is 0 Å². The minimum Gasteiger partial charge on any atom is -0.398 e. The first kappa shape index (κ1) is 12.8. The summed E-state index contributed by atoms with van der Waals surface area (Å²) in [7, 11) is 0. The van der Waals surface area contributed by atoms with E-state index in [9.17, 15) is 4.39 Å². The Morgan fingerprint density at radius 2 is 2.19 bits per heavy atom. The minimum atomic E-state index is -0.251. The number of pyridine rings is 1. The van der Waals surface area contributed by atoms with E-state index in [1.54, 1.807) is 11.6 Å². The van der Waals surface area contributed by atoms with Gasteiger partial charge < -0.3 is 5.73 Å². The Hall–Kier alpha value is -1.90. The van der Waals surface area contributed by atoms with Crippen molar-refractivity contribution in [2.45, 2.75) is 38.5 Å². The van der Waals surface area contributed by atoms with E-state index in [0.717, 1.165) is 36.0 Å². The topological polar surface area (TPSA) is 38.9 Å². The fourth-order valence-corrected chi connectivity index (χ4v) is 4.05. The van der Waals surface area contributed by atoms with Crippen molar-refractivity contribution in [3.8, 4) is 0 Å². The molecular formula is C18H19FN2. The number of rotatable bonds is 1. The summed E-state index contributed by atoms with van der Waals surface area (Å²) in [6, 6.07) is 4.72. The molecule has 108 valence electrons. The molecule has 2 bridgehead atoms. The first-order valence-electron chi connectivity index (χ1n) is 7.72. The molecule has 2 nitrogen and oxygen atoms in total. The first-order chi connectivity index (χ1) is 10.2. The Kier molecular flexibility index (Phi) is 2.78. The predicted octanol–water partition coefficient (Wildman–Crippen LogP) is 4.34. The highest BCUT2D eigenvalue weighted by molar-refractivity contribution is 5.92.